The van der Waals surface area contributed by atoms with Crippen LogP contribution in [0.4, 0.5) is 13.2 Å². The number of rotatable bonds is 5. The molecule has 0 aliphatic heterocycles. The number of hydrogen-bond donors (Lipinski definition) is 1. The summed E-state index contributed by atoms with van der Waals surface area (Å²) in [4.78, 5) is 4.11. The van der Waals surface area contributed by atoms with Gasteiger partial charge in [0.2, 0.25) is 5.88 Å². The SMILES string of the molecule is COc1nc(CCCC(F)(F)F)ccc1CN. The molecule has 0 saturated heterocycles. The Morgan fingerprint density at radius 2 is 2.06 bits per heavy atom. The second kappa shape index (κ2) is 5.86. The Hall–Kier alpha value is -1.30. The first kappa shape index (κ1) is 13.8. The molecule has 0 fully saturated rings. The lowest BCUT2D eigenvalue weighted by atomic mass is 10.1. The average Bonchev–Trinajstić information content (AvgIpc) is 2.27. The van der Waals surface area contributed by atoms with E-state index in [2.05, 4.69) is 4.98 Å². The van der Waals surface area contributed by atoms with Crippen LogP contribution in [0.1, 0.15) is 24.1 Å². The number of methoxy groups -OCH3 is 1. The Kier molecular flexibility index (Phi) is 4.74. The third-order valence-electron chi connectivity index (χ3n) is 2.30. The minimum absolute atomic E-state index is 0.0294. The topological polar surface area (TPSA) is 48.1 Å². The minimum Gasteiger partial charge on any atom is -0.481 e. The van der Waals surface area contributed by atoms with Crippen molar-refractivity contribution < 1.29 is 17.9 Å². The molecular weight excluding hydrogens is 233 g/mol. The van der Waals surface area contributed by atoms with E-state index in [1.165, 1.54) is 7.11 Å². The standard InChI is InChI=1S/C11H15F3N2O/c1-17-10-8(7-15)4-5-9(16-10)3-2-6-11(12,13)14/h4-5H,2-3,6-7,15H2,1H3. The molecule has 0 aliphatic rings. The van der Waals surface area contributed by atoms with Gasteiger partial charge in [0, 0.05) is 24.2 Å². The van der Waals surface area contributed by atoms with Crippen LogP contribution in [0.25, 0.3) is 0 Å². The summed E-state index contributed by atoms with van der Waals surface area (Å²) in [6.45, 7) is 0.291. The van der Waals surface area contributed by atoms with Gasteiger partial charge in [-0.15, -0.1) is 0 Å². The summed E-state index contributed by atoms with van der Waals surface area (Å²) in [6, 6.07) is 3.41. The monoisotopic (exact) mass is 248 g/mol. The number of halogens is 3. The summed E-state index contributed by atoms with van der Waals surface area (Å²) < 4.78 is 40.9. The van der Waals surface area contributed by atoms with Gasteiger partial charge < -0.3 is 10.5 Å². The number of alkyl halides is 3. The van der Waals surface area contributed by atoms with Crippen LogP contribution in [-0.4, -0.2) is 18.3 Å². The van der Waals surface area contributed by atoms with Crippen LogP contribution in [-0.2, 0) is 13.0 Å². The molecule has 96 valence electrons. The van der Waals surface area contributed by atoms with Crippen molar-refractivity contribution in [2.75, 3.05) is 7.11 Å². The second-order valence-electron chi connectivity index (χ2n) is 3.64. The van der Waals surface area contributed by atoms with Crippen LogP contribution in [0.5, 0.6) is 5.88 Å². The van der Waals surface area contributed by atoms with Crippen LogP contribution in [0.3, 0.4) is 0 Å². The zero-order valence-corrected chi connectivity index (χ0v) is 9.55. The number of hydrogen-bond acceptors (Lipinski definition) is 3. The molecule has 3 nitrogen and oxygen atoms in total. The van der Waals surface area contributed by atoms with E-state index < -0.39 is 12.6 Å². The van der Waals surface area contributed by atoms with E-state index in [0.29, 0.717) is 18.1 Å². The molecule has 0 aromatic carbocycles. The highest BCUT2D eigenvalue weighted by Crippen LogP contribution is 2.23. The van der Waals surface area contributed by atoms with Gasteiger partial charge in [0.15, 0.2) is 0 Å². The molecule has 1 heterocycles. The molecule has 0 amide bonds. The summed E-state index contributed by atoms with van der Waals surface area (Å²) >= 11 is 0. The molecule has 0 saturated carbocycles. The lowest BCUT2D eigenvalue weighted by molar-refractivity contribution is -0.135. The van der Waals surface area contributed by atoms with E-state index in [1.807, 2.05) is 0 Å². The summed E-state index contributed by atoms with van der Waals surface area (Å²) in [6.07, 6.45) is -4.60. The predicted molar refractivity (Wildman–Crippen MR) is 57.7 cm³/mol. The van der Waals surface area contributed by atoms with Crippen molar-refractivity contribution in [3.8, 4) is 5.88 Å². The van der Waals surface area contributed by atoms with E-state index in [1.54, 1.807) is 12.1 Å². The van der Waals surface area contributed by atoms with Crippen molar-refractivity contribution in [2.24, 2.45) is 5.73 Å². The van der Waals surface area contributed by atoms with Crippen LogP contribution < -0.4 is 10.5 Å². The fourth-order valence-electron chi connectivity index (χ4n) is 1.45. The maximum absolute atomic E-state index is 12.0. The molecule has 0 atom stereocenters. The normalized spacial score (nSPS) is 11.6. The Balaban J connectivity index is 2.60. The van der Waals surface area contributed by atoms with E-state index >= 15 is 0 Å². The van der Waals surface area contributed by atoms with Crippen LogP contribution in [0, 0.1) is 0 Å². The largest absolute Gasteiger partial charge is 0.481 e. The third kappa shape index (κ3) is 4.60. The van der Waals surface area contributed by atoms with Gasteiger partial charge in [-0.25, -0.2) is 4.98 Å². The molecule has 0 unspecified atom stereocenters. The number of nitrogens with zero attached hydrogens (tertiary/aromatic N) is 1. The smallest absolute Gasteiger partial charge is 0.389 e. The Morgan fingerprint density at radius 1 is 1.35 bits per heavy atom. The van der Waals surface area contributed by atoms with Gasteiger partial charge in [-0.2, -0.15) is 13.2 Å². The summed E-state index contributed by atoms with van der Waals surface area (Å²) in [5.74, 6) is 0.386. The van der Waals surface area contributed by atoms with Crippen molar-refractivity contribution in [3.63, 3.8) is 0 Å². The lowest BCUT2D eigenvalue weighted by Crippen LogP contribution is -2.08. The quantitative estimate of drug-likeness (QED) is 0.870. The van der Waals surface area contributed by atoms with Gasteiger partial charge in [0.1, 0.15) is 0 Å². The highest BCUT2D eigenvalue weighted by atomic mass is 19.4. The van der Waals surface area contributed by atoms with Crippen molar-refractivity contribution in [1.29, 1.82) is 0 Å². The fraction of sp³-hybridized carbons (Fsp3) is 0.545. The summed E-state index contributed by atoms with van der Waals surface area (Å²) in [5, 5.41) is 0. The Labute approximate surface area is 97.8 Å². The molecule has 1 aromatic heterocycles. The molecule has 1 aromatic rings. The van der Waals surface area contributed by atoms with Crippen molar-refractivity contribution in [1.82, 2.24) is 4.98 Å². The van der Waals surface area contributed by atoms with Crippen LogP contribution in [0.15, 0.2) is 12.1 Å². The maximum Gasteiger partial charge on any atom is 0.389 e. The van der Waals surface area contributed by atoms with Crippen molar-refractivity contribution >= 4 is 0 Å². The van der Waals surface area contributed by atoms with Gasteiger partial charge in [0.05, 0.1) is 7.11 Å². The number of aromatic nitrogens is 1. The van der Waals surface area contributed by atoms with Gasteiger partial charge in [0.25, 0.3) is 0 Å². The van der Waals surface area contributed by atoms with Crippen molar-refractivity contribution in [3.05, 3.63) is 23.4 Å². The maximum atomic E-state index is 12.0. The van der Waals surface area contributed by atoms with E-state index in [9.17, 15) is 13.2 Å². The first-order valence-electron chi connectivity index (χ1n) is 5.26. The van der Waals surface area contributed by atoms with E-state index in [-0.39, 0.29) is 12.8 Å². The molecule has 1 rings (SSSR count). The predicted octanol–water partition coefficient (Wildman–Crippen LogP) is 2.43. The van der Waals surface area contributed by atoms with Crippen molar-refractivity contribution in [2.45, 2.75) is 32.0 Å². The average molecular weight is 248 g/mol. The molecule has 17 heavy (non-hydrogen) atoms. The first-order chi connectivity index (χ1) is 7.96. The molecule has 0 spiro atoms. The van der Waals surface area contributed by atoms with E-state index in [4.69, 9.17) is 10.5 Å². The fourth-order valence-corrected chi connectivity index (χ4v) is 1.45. The van der Waals surface area contributed by atoms with Gasteiger partial charge in [-0.1, -0.05) is 6.07 Å². The number of ether oxygens (including phenoxy) is 1. The number of pyridine rings is 1. The molecule has 2 N–H and O–H groups in total. The molecule has 0 radical (unpaired) electrons. The molecule has 0 bridgehead atoms. The molecular formula is C11H15F3N2O. The Morgan fingerprint density at radius 3 is 2.59 bits per heavy atom. The minimum atomic E-state index is -4.11. The second-order valence-corrected chi connectivity index (χ2v) is 3.64. The van der Waals surface area contributed by atoms with E-state index in [0.717, 1.165) is 5.56 Å². The highest BCUT2D eigenvalue weighted by Gasteiger charge is 2.26. The zero-order valence-electron chi connectivity index (χ0n) is 9.55. The lowest BCUT2D eigenvalue weighted by Gasteiger charge is -2.09. The molecule has 0 aliphatic carbocycles. The Bertz CT molecular complexity index is 366. The highest BCUT2D eigenvalue weighted by molar-refractivity contribution is 5.28. The zero-order chi connectivity index (χ0) is 12.9. The van der Waals surface area contributed by atoms with Crippen LogP contribution in [0.2, 0.25) is 0 Å². The van der Waals surface area contributed by atoms with Gasteiger partial charge in [-0.3, -0.25) is 0 Å². The summed E-state index contributed by atoms with van der Waals surface area (Å²) in [7, 11) is 1.46. The first-order valence-corrected chi connectivity index (χ1v) is 5.26. The molecule has 6 heteroatoms. The van der Waals surface area contributed by atoms with Crippen LogP contribution >= 0.6 is 0 Å². The number of aryl methyl sites for hydroxylation is 1. The summed E-state index contributed by atoms with van der Waals surface area (Å²) in [5.41, 5.74) is 6.79. The van der Waals surface area contributed by atoms with Gasteiger partial charge in [-0.05, 0) is 18.9 Å². The number of nitrogens with two attached hydrogens (primary N) is 1. The third-order valence-corrected chi connectivity index (χ3v) is 2.30. The van der Waals surface area contributed by atoms with Gasteiger partial charge >= 0.3 is 6.18 Å².